The molecule has 0 saturated heterocycles. The van der Waals surface area contributed by atoms with Crippen LogP contribution in [-0.2, 0) is 32.6 Å². The van der Waals surface area contributed by atoms with E-state index < -0.39 is 34.4 Å². The number of nitrogens with zero attached hydrogens (tertiary/aromatic N) is 2. The zero-order valence-electron chi connectivity index (χ0n) is 21.2. The third-order valence-electron chi connectivity index (χ3n) is 5.86. The molecule has 208 valence electrons. The summed E-state index contributed by atoms with van der Waals surface area (Å²) >= 11 is 25.0. The van der Waals surface area contributed by atoms with Gasteiger partial charge in [-0.2, -0.15) is 0 Å². The Morgan fingerprint density at radius 1 is 0.923 bits per heavy atom. The van der Waals surface area contributed by atoms with Crippen molar-refractivity contribution in [3.8, 4) is 0 Å². The summed E-state index contributed by atoms with van der Waals surface area (Å²) in [5.41, 5.74) is 1.39. The first-order chi connectivity index (χ1) is 18.4. The lowest BCUT2D eigenvalue weighted by Gasteiger charge is -2.33. The second kappa shape index (κ2) is 13.7. The van der Waals surface area contributed by atoms with Gasteiger partial charge in [-0.3, -0.25) is 13.9 Å². The second-order valence-electron chi connectivity index (χ2n) is 8.70. The molecule has 39 heavy (non-hydrogen) atoms. The Morgan fingerprint density at radius 2 is 1.62 bits per heavy atom. The molecule has 0 aliphatic heterocycles. The largest absolute Gasteiger partial charge is 0.355 e. The summed E-state index contributed by atoms with van der Waals surface area (Å²) in [6.07, 6.45) is 1.14. The van der Waals surface area contributed by atoms with Gasteiger partial charge >= 0.3 is 0 Å². The van der Waals surface area contributed by atoms with Crippen LogP contribution in [0.3, 0.4) is 0 Å². The summed E-state index contributed by atoms with van der Waals surface area (Å²) in [5.74, 6) is -1.04. The van der Waals surface area contributed by atoms with E-state index in [0.29, 0.717) is 22.2 Å². The van der Waals surface area contributed by atoms with E-state index in [1.54, 1.807) is 19.1 Å². The lowest BCUT2D eigenvalue weighted by Crippen LogP contribution is -2.53. The molecule has 3 aromatic carbocycles. The summed E-state index contributed by atoms with van der Waals surface area (Å²) in [7, 11) is -3.99. The molecule has 0 spiro atoms. The number of hydrogen-bond acceptors (Lipinski definition) is 4. The summed E-state index contributed by atoms with van der Waals surface area (Å²) in [5, 5.41) is 3.60. The summed E-state index contributed by atoms with van der Waals surface area (Å²) in [4.78, 5) is 28.7. The number of hydrogen-bond donors (Lipinski definition) is 1. The van der Waals surface area contributed by atoms with Crippen LogP contribution in [0, 0.1) is 0 Å². The highest BCUT2D eigenvalue weighted by atomic mass is 35.5. The minimum absolute atomic E-state index is 0.0192. The Morgan fingerprint density at radius 3 is 2.23 bits per heavy atom. The summed E-state index contributed by atoms with van der Waals surface area (Å²) < 4.78 is 26.6. The maximum atomic E-state index is 14.0. The minimum atomic E-state index is -3.99. The van der Waals surface area contributed by atoms with E-state index in [-0.39, 0.29) is 28.7 Å². The monoisotopic (exact) mass is 629 g/mol. The van der Waals surface area contributed by atoms with Crippen molar-refractivity contribution >= 4 is 73.9 Å². The van der Waals surface area contributed by atoms with Crippen molar-refractivity contribution in [1.82, 2.24) is 10.2 Å². The van der Waals surface area contributed by atoms with E-state index in [1.807, 2.05) is 30.3 Å². The molecule has 0 aromatic heterocycles. The zero-order valence-corrected chi connectivity index (χ0v) is 25.0. The van der Waals surface area contributed by atoms with E-state index in [2.05, 4.69) is 5.32 Å². The maximum absolute atomic E-state index is 14.0. The van der Waals surface area contributed by atoms with Gasteiger partial charge in [0.2, 0.25) is 21.8 Å². The van der Waals surface area contributed by atoms with Crippen molar-refractivity contribution in [2.75, 3.05) is 23.7 Å². The number of halogens is 4. The molecule has 12 heteroatoms. The van der Waals surface area contributed by atoms with Gasteiger partial charge in [-0.1, -0.05) is 88.9 Å². The number of amides is 2. The van der Waals surface area contributed by atoms with Gasteiger partial charge < -0.3 is 10.2 Å². The molecule has 0 bridgehead atoms. The van der Waals surface area contributed by atoms with Crippen LogP contribution in [0.2, 0.25) is 20.1 Å². The fourth-order valence-corrected chi connectivity index (χ4v) is 5.73. The molecule has 3 aromatic rings. The second-order valence-corrected chi connectivity index (χ2v) is 12.2. The van der Waals surface area contributed by atoms with E-state index >= 15 is 0 Å². The van der Waals surface area contributed by atoms with Gasteiger partial charge in [-0.15, -0.1) is 0 Å². The average molecular weight is 631 g/mol. The predicted molar refractivity (Wildman–Crippen MR) is 158 cm³/mol. The minimum Gasteiger partial charge on any atom is -0.355 e. The van der Waals surface area contributed by atoms with Gasteiger partial charge in [0.05, 0.1) is 22.0 Å². The maximum Gasteiger partial charge on any atom is 0.244 e. The number of carbonyl (C=O) groups is 2. The lowest BCUT2D eigenvalue weighted by molar-refractivity contribution is -0.140. The first kappa shape index (κ1) is 31.0. The number of anilines is 1. The van der Waals surface area contributed by atoms with Crippen LogP contribution in [0.25, 0.3) is 0 Å². The van der Waals surface area contributed by atoms with Gasteiger partial charge in [-0.05, 0) is 42.3 Å². The highest BCUT2D eigenvalue weighted by Gasteiger charge is 2.33. The van der Waals surface area contributed by atoms with Gasteiger partial charge in [0.1, 0.15) is 12.6 Å². The Balaban J connectivity index is 2.09. The molecule has 1 atom stereocenters. The van der Waals surface area contributed by atoms with Crippen LogP contribution in [0.1, 0.15) is 18.1 Å². The molecule has 0 unspecified atom stereocenters. The van der Waals surface area contributed by atoms with Crippen LogP contribution in [0.4, 0.5) is 5.69 Å². The SMILES string of the molecule is CCNC(=O)[C@H](Cc1ccccc1)N(Cc1ccc(Cl)cc1Cl)C(=O)CN(c1cccc(Cl)c1Cl)S(C)(=O)=O. The molecule has 0 radical (unpaired) electrons. The molecule has 0 fully saturated rings. The van der Waals surface area contributed by atoms with Crippen LogP contribution in [0.5, 0.6) is 0 Å². The molecule has 0 saturated carbocycles. The van der Waals surface area contributed by atoms with Gasteiger partial charge in [0, 0.05) is 29.6 Å². The molecule has 0 aliphatic rings. The number of sulfonamides is 1. The first-order valence-electron chi connectivity index (χ1n) is 11.9. The fourth-order valence-electron chi connectivity index (χ4n) is 3.96. The van der Waals surface area contributed by atoms with Crippen molar-refractivity contribution in [3.63, 3.8) is 0 Å². The topological polar surface area (TPSA) is 86.8 Å². The van der Waals surface area contributed by atoms with E-state index in [9.17, 15) is 18.0 Å². The van der Waals surface area contributed by atoms with Gasteiger partial charge in [0.15, 0.2) is 0 Å². The Labute approximate surface area is 248 Å². The molecular weight excluding hydrogens is 604 g/mol. The van der Waals surface area contributed by atoms with E-state index in [0.717, 1.165) is 16.1 Å². The number of carbonyl (C=O) groups excluding carboxylic acids is 2. The third-order valence-corrected chi connectivity index (χ3v) is 8.38. The van der Waals surface area contributed by atoms with Crippen LogP contribution < -0.4 is 9.62 Å². The number of likely N-dealkylation sites (N-methyl/N-ethyl adjacent to an activating group) is 1. The summed E-state index contributed by atoms with van der Waals surface area (Å²) in [6, 6.07) is 17.5. The van der Waals surface area contributed by atoms with Gasteiger partial charge in [0.25, 0.3) is 0 Å². The molecular formula is C27H27Cl4N3O4S. The highest BCUT2D eigenvalue weighted by Crippen LogP contribution is 2.34. The number of rotatable bonds is 11. The quantitative estimate of drug-likeness (QED) is 0.288. The smallest absolute Gasteiger partial charge is 0.244 e. The first-order valence-corrected chi connectivity index (χ1v) is 15.2. The van der Waals surface area contributed by atoms with Crippen molar-refractivity contribution in [2.24, 2.45) is 0 Å². The lowest BCUT2D eigenvalue weighted by atomic mass is 10.0. The third kappa shape index (κ3) is 8.25. The van der Waals surface area contributed by atoms with Crippen molar-refractivity contribution in [3.05, 3.63) is 97.9 Å². The molecule has 0 aliphatic carbocycles. The number of benzene rings is 3. The summed E-state index contributed by atoms with van der Waals surface area (Å²) in [6.45, 7) is 1.40. The van der Waals surface area contributed by atoms with Gasteiger partial charge in [-0.25, -0.2) is 8.42 Å². The fraction of sp³-hybridized carbons (Fsp3) is 0.259. The average Bonchev–Trinajstić information content (AvgIpc) is 2.87. The Kier molecular flexibility index (Phi) is 10.9. The standard InChI is InChI=1S/C27H27Cl4N3O4S/c1-3-32-27(36)24(14-18-8-5-4-6-9-18)33(16-19-12-13-20(28)15-22(19)30)25(35)17-34(39(2,37)38)23-11-7-10-21(29)26(23)31/h4-13,15,24H,3,14,16-17H2,1-2H3,(H,32,36)/t24-/m0/s1. The van der Waals surface area contributed by atoms with Crippen molar-refractivity contribution in [1.29, 1.82) is 0 Å². The number of nitrogens with one attached hydrogen (secondary N) is 1. The highest BCUT2D eigenvalue weighted by molar-refractivity contribution is 7.92. The molecule has 0 heterocycles. The molecule has 1 N–H and O–H groups in total. The van der Waals surface area contributed by atoms with Crippen molar-refractivity contribution in [2.45, 2.75) is 25.9 Å². The predicted octanol–water partition coefficient (Wildman–Crippen LogP) is 5.84. The molecule has 7 nitrogen and oxygen atoms in total. The molecule has 2 amide bonds. The Bertz CT molecular complexity index is 1440. The normalized spacial score (nSPS) is 12.1. The molecule has 3 rings (SSSR count). The van der Waals surface area contributed by atoms with E-state index in [1.165, 1.54) is 29.2 Å². The van der Waals surface area contributed by atoms with Crippen LogP contribution in [0.15, 0.2) is 66.7 Å². The Hall–Kier alpha value is -2.49. The van der Waals surface area contributed by atoms with Crippen LogP contribution in [-0.4, -0.2) is 50.5 Å². The van der Waals surface area contributed by atoms with Crippen LogP contribution >= 0.6 is 46.4 Å². The zero-order chi connectivity index (χ0) is 28.7. The van der Waals surface area contributed by atoms with E-state index in [4.69, 9.17) is 46.4 Å². The van der Waals surface area contributed by atoms with Crippen molar-refractivity contribution < 1.29 is 18.0 Å².